The molecular weight excluding hydrogens is 202 g/mol. The van der Waals surface area contributed by atoms with Crippen molar-refractivity contribution in [2.75, 3.05) is 7.05 Å². The van der Waals surface area contributed by atoms with Crippen LogP contribution in [0.4, 0.5) is 0 Å². The second-order valence-corrected chi connectivity index (χ2v) is 5.02. The van der Waals surface area contributed by atoms with E-state index in [9.17, 15) is 0 Å². The molecule has 88 valence electrons. The lowest BCUT2D eigenvalue weighted by molar-refractivity contribution is 0.309. The van der Waals surface area contributed by atoms with Crippen molar-refractivity contribution in [3.05, 3.63) is 23.8 Å². The second-order valence-electron chi connectivity index (χ2n) is 4.50. The number of likely N-dealkylation sites (N-methyl/N-ethyl adjacent to an activating group) is 1. The standard InChI is InChI=1S/C13H25NS/c1-7-11(5)13(15)9-14(6)12(8-2)10(3)4/h8-12,15H,2,7H2,1,3-6H3/b13-9+. The lowest BCUT2D eigenvalue weighted by Gasteiger charge is -2.28. The SMILES string of the molecule is C=CC(C(C)C)N(C)/C=C(/S)C(C)CC. The van der Waals surface area contributed by atoms with Gasteiger partial charge in [0.15, 0.2) is 0 Å². The molecule has 0 aromatic carbocycles. The lowest BCUT2D eigenvalue weighted by atomic mass is 10.0. The van der Waals surface area contributed by atoms with Crippen LogP contribution in [0, 0.1) is 11.8 Å². The summed E-state index contributed by atoms with van der Waals surface area (Å²) in [6, 6.07) is 0.385. The van der Waals surface area contributed by atoms with Crippen molar-refractivity contribution in [1.29, 1.82) is 0 Å². The summed E-state index contributed by atoms with van der Waals surface area (Å²) in [6.07, 6.45) is 5.26. The molecular formula is C13H25NS. The Bertz CT molecular complexity index is 221. The Kier molecular flexibility index (Phi) is 6.82. The van der Waals surface area contributed by atoms with Crippen molar-refractivity contribution in [2.45, 2.75) is 40.2 Å². The Labute approximate surface area is 101 Å². The Balaban J connectivity index is 4.56. The molecule has 0 radical (unpaired) electrons. The van der Waals surface area contributed by atoms with E-state index in [1.807, 2.05) is 6.08 Å². The molecule has 0 saturated heterocycles. The number of thiol groups is 1. The quantitative estimate of drug-likeness (QED) is 0.531. The molecule has 0 spiro atoms. The smallest absolute Gasteiger partial charge is 0.0484 e. The van der Waals surface area contributed by atoms with Gasteiger partial charge in [-0.25, -0.2) is 0 Å². The highest BCUT2D eigenvalue weighted by Gasteiger charge is 2.13. The molecule has 0 rings (SSSR count). The van der Waals surface area contributed by atoms with Crippen LogP contribution in [-0.2, 0) is 0 Å². The number of hydrogen-bond acceptors (Lipinski definition) is 2. The fraction of sp³-hybridized carbons (Fsp3) is 0.692. The van der Waals surface area contributed by atoms with Gasteiger partial charge in [-0.1, -0.05) is 33.8 Å². The van der Waals surface area contributed by atoms with Gasteiger partial charge in [-0.05, 0) is 18.3 Å². The van der Waals surface area contributed by atoms with Crippen LogP contribution in [0.15, 0.2) is 23.8 Å². The van der Waals surface area contributed by atoms with E-state index in [1.54, 1.807) is 0 Å². The molecule has 2 heteroatoms. The fourth-order valence-electron chi connectivity index (χ4n) is 1.54. The van der Waals surface area contributed by atoms with Crippen molar-refractivity contribution < 1.29 is 0 Å². The first-order chi connectivity index (χ1) is 6.93. The van der Waals surface area contributed by atoms with E-state index >= 15 is 0 Å². The summed E-state index contributed by atoms with van der Waals surface area (Å²) in [7, 11) is 2.09. The number of nitrogens with zero attached hydrogens (tertiary/aromatic N) is 1. The Morgan fingerprint density at radius 1 is 1.40 bits per heavy atom. The van der Waals surface area contributed by atoms with E-state index in [0.29, 0.717) is 17.9 Å². The third kappa shape index (κ3) is 4.78. The predicted molar refractivity (Wildman–Crippen MR) is 73.1 cm³/mol. The third-order valence-electron chi connectivity index (χ3n) is 2.85. The Hall–Kier alpha value is -0.370. The average molecular weight is 227 g/mol. The van der Waals surface area contributed by atoms with Gasteiger partial charge in [0.25, 0.3) is 0 Å². The van der Waals surface area contributed by atoms with Gasteiger partial charge >= 0.3 is 0 Å². The zero-order valence-electron chi connectivity index (χ0n) is 10.7. The number of rotatable bonds is 6. The maximum atomic E-state index is 4.53. The molecule has 0 heterocycles. The maximum Gasteiger partial charge on any atom is 0.0484 e. The molecule has 0 amide bonds. The second kappa shape index (κ2) is 7.00. The normalized spacial score (nSPS) is 16.3. The maximum absolute atomic E-state index is 4.53. The minimum atomic E-state index is 0.385. The lowest BCUT2D eigenvalue weighted by Crippen LogP contribution is -2.30. The fourth-order valence-corrected chi connectivity index (χ4v) is 1.90. The third-order valence-corrected chi connectivity index (χ3v) is 3.40. The first kappa shape index (κ1) is 14.6. The molecule has 0 aliphatic carbocycles. The first-order valence-corrected chi connectivity index (χ1v) is 6.13. The van der Waals surface area contributed by atoms with Crippen LogP contribution in [0.5, 0.6) is 0 Å². The van der Waals surface area contributed by atoms with Crippen molar-refractivity contribution >= 4 is 12.6 Å². The molecule has 15 heavy (non-hydrogen) atoms. The molecule has 0 fully saturated rings. The summed E-state index contributed by atoms with van der Waals surface area (Å²) < 4.78 is 0. The summed E-state index contributed by atoms with van der Waals surface area (Å²) in [5.41, 5.74) is 0. The topological polar surface area (TPSA) is 3.24 Å². The Morgan fingerprint density at radius 2 is 1.93 bits per heavy atom. The molecule has 2 unspecified atom stereocenters. The van der Waals surface area contributed by atoms with Gasteiger partial charge in [0.1, 0.15) is 0 Å². The molecule has 2 atom stereocenters. The van der Waals surface area contributed by atoms with Crippen molar-refractivity contribution in [3.63, 3.8) is 0 Å². The summed E-state index contributed by atoms with van der Waals surface area (Å²) in [5.74, 6) is 1.11. The molecule has 0 bridgehead atoms. The number of allylic oxidation sites excluding steroid dienone is 1. The van der Waals surface area contributed by atoms with Crippen molar-refractivity contribution in [2.24, 2.45) is 11.8 Å². The van der Waals surface area contributed by atoms with E-state index in [0.717, 1.165) is 11.3 Å². The summed E-state index contributed by atoms with van der Waals surface area (Å²) in [4.78, 5) is 3.35. The van der Waals surface area contributed by atoms with Crippen LogP contribution in [0.25, 0.3) is 0 Å². The largest absolute Gasteiger partial charge is 0.373 e. The van der Waals surface area contributed by atoms with Crippen molar-refractivity contribution in [3.8, 4) is 0 Å². The Morgan fingerprint density at radius 3 is 2.27 bits per heavy atom. The number of hydrogen-bond donors (Lipinski definition) is 1. The molecule has 0 N–H and O–H groups in total. The monoisotopic (exact) mass is 227 g/mol. The van der Waals surface area contributed by atoms with Gasteiger partial charge in [-0.15, -0.1) is 19.2 Å². The van der Waals surface area contributed by atoms with Crippen LogP contribution in [0.1, 0.15) is 34.1 Å². The zero-order chi connectivity index (χ0) is 12.0. The van der Waals surface area contributed by atoms with E-state index < -0.39 is 0 Å². The van der Waals surface area contributed by atoms with Gasteiger partial charge in [0.05, 0.1) is 0 Å². The van der Waals surface area contributed by atoms with Crippen LogP contribution >= 0.6 is 12.6 Å². The highest BCUT2D eigenvalue weighted by atomic mass is 32.1. The van der Waals surface area contributed by atoms with Crippen LogP contribution in [0.2, 0.25) is 0 Å². The zero-order valence-corrected chi connectivity index (χ0v) is 11.6. The van der Waals surface area contributed by atoms with Gasteiger partial charge in [-0.3, -0.25) is 0 Å². The van der Waals surface area contributed by atoms with Crippen LogP contribution in [0.3, 0.4) is 0 Å². The minimum absolute atomic E-state index is 0.385. The summed E-state index contributed by atoms with van der Waals surface area (Å²) >= 11 is 4.53. The van der Waals surface area contributed by atoms with Crippen LogP contribution in [-0.4, -0.2) is 18.0 Å². The van der Waals surface area contributed by atoms with Gasteiger partial charge < -0.3 is 4.90 Å². The van der Waals surface area contributed by atoms with E-state index in [4.69, 9.17) is 0 Å². The van der Waals surface area contributed by atoms with Gasteiger partial charge in [0, 0.05) is 24.2 Å². The average Bonchev–Trinajstić information content (AvgIpc) is 2.16. The van der Waals surface area contributed by atoms with Gasteiger partial charge in [-0.2, -0.15) is 0 Å². The minimum Gasteiger partial charge on any atom is -0.373 e. The molecule has 0 aliphatic heterocycles. The summed E-state index contributed by atoms with van der Waals surface area (Å²) in [6.45, 7) is 12.7. The van der Waals surface area contributed by atoms with E-state index in [-0.39, 0.29) is 0 Å². The highest BCUT2D eigenvalue weighted by Crippen LogP contribution is 2.20. The predicted octanol–water partition coefficient (Wildman–Crippen LogP) is 3.95. The van der Waals surface area contributed by atoms with E-state index in [1.165, 1.54) is 0 Å². The molecule has 1 nitrogen and oxygen atoms in total. The van der Waals surface area contributed by atoms with Crippen molar-refractivity contribution in [1.82, 2.24) is 4.90 Å². The van der Waals surface area contributed by atoms with Gasteiger partial charge in [0.2, 0.25) is 0 Å². The molecule has 0 aromatic rings. The highest BCUT2D eigenvalue weighted by molar-refractivity contribution is 7.84. The molecule has 0 aliphatic rings. The van der Waals surface area contributed by atoms with E-state index in [2.05, 4.69) is 65.1 Å². The van der Waals surface area contributed by atoms with Crippen LogP contribution < -0.4 is 0 Å². The summed E-state index contributed by atoms with van der Waals surface area (Å²) in [5, 5.41) is 0. The first-order valence-electron chi connectivity index (χ1n) is 5.69. The molecule has 0 saturated carbocycles. The molecule has 0 aromatic heterocycles.